The van der Waals surface area contributed by atoms with Gasteiger partial charge in [-0.25, -0.2) is 0 Å². The van der Waals surface area contributed by atoms with Gasteiger partial charge in [-0.2, -0.15) is 0 Å². The van der Waals surface area contributed by atoms with Gasteiger partial charge in [0.2, 0.25) is 0 Å². The molecule has 0 saturated carbocycles. The third-order valence-corrected chi connectivity index (χ3v) is 3.12. The monoisotopic (exact) mass is 243 g/mol. The second kappa shape index (κ2) is 3.46. The molecule has 3 nitrogen and oxygen atoms in total. The second-order valence-corrected chi connectivity index (χ2v) is 3.85. The Kier molecular flexibility index (Phi) is 2.71. The number of rotatable bonds is 1. The van der Waals surface area contributed by atoms with Crippen LogP contribution in [-0.4, -0.2) is 4.92 Å². The van der Waals surface area contributed by atoms with Gasteiger partial charge in [0.15, 0.2) is 0 Å². The van der Waals surface area contributed by atoms with E-state index in [-0.39, 0.29) is 10.6 Å². The summed E-state index contributed by atoms with van der Waals surface area (Å²) in [6, 6.07) is 1.94. The fourth-order valence-electron chi connectivity index (χ4n) is 1.25. The normalized spacial score (nSPS) is 10.2. The summed E-state index contributed by atoms with van der Waals surface area (Å²) in [4.78, 5) is 10.4. The molecule has 0 aliphatic rings. The Labute approximate surface area is 85.0 Å². The van der Waals surface area contributed by atoms with E-state index < -0.39 is 0 Å². The molecule has 1 aromatic rings. The van der Waals surface area contributed by atoms with Crippen molar-refractivity contribution in [2.75, 3.05) is 0 Å². The largest absolute Gasteiger partial charge is 0.286 e. The van der Waals surface area contributed by atoms with E-state index in [2.05, 4.69) is 15.9 Å². The summed E-state index contributed by atoms with van der Waals surface area (Å²) < 4.78 is 0.584. The molecule has 70 valence electrons. The molecule has 0 N–H and O–H groups in total. The fourth-order valence-corrected chi connectivity index (χ4v) is 1.81. The zero-order chi connectivity index (χ0) is 10.2. The molecule has 1 aromatic carbocycles. The van der Waals surface area contributed by atoms with Crippen LogP contribution in [0.2, 0.25) is 0 Å². The van der Waals surface area contributed by atoms with Gasteiger partial charge in [-0.1, -0.05) is 6.07 Å². The molecule has 0 spiro atoms. The summed E-state index contributed by atoms with van der Waals surface area (Å²) in [5.74, 6) is 0. The molecule has 1 rings (SSSR count). The van der Waals surface area contributed by atoms with Crippen LogP contribution in [0.4, 0.5) is 5.69 Å². The standard InChI is InChI=1S/C9H10BrNO2/c1-5-4-6(2)8(10)9(7(5)3)11(12)13/h4H,1-3H3. The third kappa shape index (κ3) is 1.72. The first-order valence-corrected chi connectivity index (χ1v) is 4.65. The number of aryl methyl sites for hydroxylation is 2. The minimum Gasteiger partial charge on any atom is -0.258 e. The van der Waals surface area contributed by atoms with Crippen LogP contribution in [0, 0.1) is 30.9 Å². The highest BCUT2D eigenvalue weighted by atomic mass is 79.9. The SMILES string of the molecule is Cc1cc(C)c(Br)c([N+](=O)[O-])c1C. The molecule has 0 aromatic heterocycles. The molecular formula is C9H10BrNO2. The summed E-state index contributed by atoms with van der Waals surface area (Å²) in [5, 5.41) is 10.7. The highest BCUT2D eigenvalue weighted by Crippen LogP contribution is 2.33. The zero-order valence-electron chi connectivity index (χ0n) is 7.72. The van der Waals surface area contributed by atoms with Crippen LogP contribution in [0.25, 0.3) is 0 Å². The predicted molar refractivity (Wildman–Crippen MR) is 55.0 cm³/mol. The van der Waals surface area contributed by atoms with E-state index >= 15 is 0 Å². The van der Waals surface area contributed by atoms with E-state index in [0.717, 1.165) is 16.7 Å². The van der Waals surface area contributed by atoms with Crippen molar-refractivity contribution in [1.82, 2.24) is 0 Å². The van der Waals surface area contributed by atoms with Gasteiger partial charge >= 0.3 is 0 Å². The minimum absolute atomic E-state index is 0.178. The van der Waals surface area contributed by atoms with Crippen molar-refractivity contribution in [3.05, 3.63) is 37.3 Å². The average molecular weight is 244 g/mol. The van der Waals surface area contributed by atoms with Crippen LogP contribution >= 0.6 is 15.9 Å². The number of hydrogen-bond acceptors (Lipinski definition) is 2. The van der Waals surface area contributed by atoms with Gasteiger partial charge in [-0.3, -0.25) is 10.1 Å². The van der Waals surface area contributed by atoms with Crippen LogP contribution in [0.5, 0.6) is 0 Å². The van der Waals surface area contributed by atoms with Crippen LogP contribution in [0.15, 0.2) is 10.5 Å². The summed E-state index contributed by atoms with van der Waals surface area (Å²) in [5.41, 5.74) is 2.75. The molecule has 4 heteroatoms. The number of nitro groups is 1. The van der Waals surface area contributed by atoms with Crippen LogP contribution < -0.4 is 0 Å². The lowest BCUT2D eigenvalue weighted by Crippen LogP contribution is -1.97. The highest BCUT2D eigenvalue weighted by molar-refractivity contribution is 9.10. The fraction of sp³-hybridized carbons (Fsp3) is 0.333. The maximum Gasteiger partial charge on any atom is 0.286 e. The Bertz CT molecular complexity index is 348. The average Bonchev–Trinajstić information content (AvgIpc) is 2.01. The van der Waals surface area contributed by atoms with Gasteiger partial charge in [-0.15, -0.1) is 0 Å². The smallest absolute Gasteiger partial charge is 0.258 e. The molecule has 0 aliphatic carbocycles. The minimum atomic E-state index is -0.348. The Balaban J connectivity index is 3.56. The van der Waals surface area contributed by atoms with Gasteiger partial charge in [0.1, 0.15) is 0 Å². The number of nitro benzene ring substituents is 1. The molecule has 0 amide bonds. The molecule has 0 heterocycles. The molecule has 0 atom stereocenters. The van der Waals surface area contributed by atoms with Gasteiger partial charge in [-0.05, 0) is 47.8 Å². The summed E-state index contributed by atoms with van der Waals surface area (Å²) >= 11 is 3.22. The first kappa shape index (κ1) is 10.2. The van der Waals surface area contributed by atoms with Gasteiger partial charge < -0.3 is 0 Å². The van der Waals surface area contributed by atoms with Gasteiger partial charge in [0.05, 0.1) is 9.40 Å². The Morgan fingerprint density at radius 1 is 1.31 bits per heavy atom. The number of nitrogens with zero attached hydrogens (tertiary/aromatic N) is 1. The zero-order valence-corrected chi connectivity index (χ0v) is 9.31. The number of benzene rings is 1. The van der Waals surface area contributed by atoms with Gasteiger partial charge in [0.25, 0.3) is 5.69 Å². The van der Waals surface area contributed by atoms with Crippen LogP contribution in [0.3, 0.4) is 0 Å². The number of hydrogen-bond donors (Lipinski definition) is 0. The predicted octanol–water partition coefficient (Wildman–Crippen LogP) is 3.28. The lowest BCUT2D eigenvalue weighted by molar-refractivity contribution is -0.386. The molecule has 0 unspecified atom stereocenters. The van der Waals surface area contributed by atoms with E-state index in [1.165, 1.54) is 0 Å². The van der Waals surface area contributed by atoms with Crippen molar-refractivity contribution in [2.45, 2.75) is 20.8 Å². The Morgan fingerprint density at radius 2 is 1.85 bits per heavy atom. The van der Waals surface area contributed by atoms with E-state index in [0.29, 0.717) is 4.47 Å². The summed E-state index contributed by atoms with van der Waals surface area (Å²) in [6.07, 6.45) is 0. The van der Waals surface area contributed by atoms with Crippen molar-refractivity contribution in [2.24, 2.45) is 0 Å². The first-order chi connectivity index (χ1) is 5.95. The van der Waals surface area contributed by atoms with E-state index in [4.69, 9.17) is 0 Å². The molecule has 0 radical (unpaired) electrons. The topological polar surface area (TPSA) is 43.1 Å². The van der Waals surface area contributed by atoms with Crippen molar-refractivity contribution < 1.29 is 4.92 Å². The van der Waals surface area contributed by atoms with Crippen LogP contribution in [0.1, 0.15) is 16.7 Å². The highest BCUT2D eigenvalue weighted by Gasteiger charge is 2.19. The Hall–Kier alpha value is -0.900. The quantitative estimate of drug-likeness (QED) is 0.562. The van der Waals surface area contributed by atoms with E-state index in [1.54, 1.807) is 6.92 Å². The molecular weight excluding hydrogens is 234 g/mol. The second-order valence-electron chi connectivity index (χ2n) is 3.06. The summed E-state index contributed by atoms with van der Waals surface area (Å²) in [7, 11) is 0. The van der Waals surface area contributed by atoms with E-state index in [9.17, 15) is 10.1 Å². The summed E-state index contributed by atoms with van der Waals surface area (Å²) in [6.45, 7) is 5.49. The van der Waals surface area contributed by atoms with Crippen LogP contribution in [-0.2, 0) is 0 Å². The lowest BCUT2D eigenvalue weighted by atomic mass is 10.1. The van der Waals surface area contributed by atoms with Crippen molar-refractivity contribution in [1.29, 1.82) is 0 Å². The maximum absolute atomic E-state index is 10.7. The van der Waals surface area contributed by atoms with E-state index in [1.807, 2.05) is 19.9 Å². The van der Waals surface area contributed by atoms with Crippen molar-refractivity contribution in [3.63, 3.8) is 0 Å². The molecule has 0 aliphatic heterocycles. The molecule has 0 saturated heterocycles. The van der Waals surface area contributed by atoms with Crippen molar-refractivity contribution >= 4 is 21.6 Å². The lowest BCUT2D eigenvalue weighted by Gasteiger charge is -2.06. The first-order valence-electron chi connectivity index (χ1n) is 3.86. The number of halogens is 1. The maximum atomic E-state index is 10.7. The molecule has 0 fully saturated rings. The third-order valence-electron chi connectivity index (χ3n) is 2.12. The van der Waals surface area contributed by atoms with Crippen molar-refractivity contribution in [3.8, 4) is 0 Å². The molecule has 0 bridgehead atoms. The Morgan fingerprint density at radius 3 is 2.31 bits per heavy atom. The molecule has 13 heavy (non-hydrogen) atoms. The van der Waals surface area contributed by atoms with Gasteiger partial charge in [0, 0.05) is 5.56 Å².